The van der Waals surface area contributed by atoms with Gasteiger partial charge in [-0.25, -0.2) is 0 Å². The van der Waals surface area contributed by atoms with E-state index in [9.17, 15) is 9.59 Å². The average molecular weight is 240 g/mol. The molecular formula is C11H20N4O2. The summed E-state index contributed by atoms with van der Waals surface area (Å²) in [7, 11) is 1.78. The Bertz CT molecular complexity index is 306. The van der Waals surface area contributed by atoms with Gasteiger partial charge in [0.15, 0.2) is 0 Å². The molecule has 1 fully saturated rings. The van der Waals surface area contributed by atoms with Crippen LogP contribution in [-0.4, -0.2) is 49.2 Å². The van der Waals surface area contributed by atoms with Crippen LogP contribution in [0.4, 0.5) is 0 Å². The van der Waals surface area contributed by atoms with Gasteiger partial charge in [-0.3, -0.25) is 15.0 Å². The molecule has 1 rings (SSSR count). The van der Waals surface area contributed by atoms with Crippen LogP contribution in [0.25, 0.3) is 0 Å². The SMILES string of the molecule is CNC1C(=O)N(CC(=N)NC=O)CCCC1C. The Morgan fingerprint density at radius 3 is 2.94 bits per heavy atom. The van der Waals surface area contributed by atoms with Crippen LogP contribution in [0.1, 0.15) is 19.8 Å². The van der Waals surface area contributed by atoms with Crippen molar-refractivity contribution in [1.29, 1.82) is 5.41 Å². The molecule has 0 spiro atoms. The summed E-state index contributed by atoms with van der Waals surface area (Å²) in [4.78, 5) is 24.0. The Balaban J connectivity index is 2.67. The third-order valence-corrected chi connectivity index (χ3v) is 3.13. The van der Waals surface area contributed by atoms with Crippen LogP contribution in [0, 0.1) is 11.3 Å². The van der Waals surface area contributed by atoms with Gasteiger partial charge in [-0.05, 0) is 25.8 Å². The standard InChI is InChI=1S/C11H20N4O2/c1-8-4-3-5-15(6-9(12)14-7-16)11(17)10(8)13-2/h7-8,10,13H,3-6H2,1-2H3,(H2,12,14,16). The van der Waals surface area contributed by atoms with Crippen molar-refractivity contribution in [3.63, 3.8) is 0 Å². The van der Waals surface area contributed by atoms with Crippen molar-refractivity contribution < 1.29 is 9.59 Å². The normalized spacial score (nSPS) is 25.3. The van der Waals surface area contributed by atoms with E-state index in [1.165, 1.54) is 0 Å². The van der Waals surface area contributed by atoms with Gasteiger partial charge in [0.25, 0.3) is 0 Å². The molecule has 1 aliphatic heterocycles. The van der Waals surface area contributed by atoms with Crippen LogP contribution < -0.4 is 10.6 Å². The van der Waals surface area contributed by atoms with E-state index < -0.39 is 0 Å². The maximum atomic E-state index is 12.2. The molecule has 96 valence electrons. The third-order valence-electron chi connectivity index (χ3n) is 3.13. The van der Waals surface area contributed by atoms with Gasteiger partial charge in [-0.2, -0.15) is 0 Å². The van der Waals surface area contributed by atoms with E-state index in [0.717, 1.165) is 12.8 Å². The summed E-state index contributed by atoms with van der Waals surface area (Å²) in [6.45, 7) is 2.87. The topological polar surface area (TPSA) is 85.3 Å². The van der Waals surface area contributed by atoms with Gasteiger partial charge in [0.05, 0.1) is 12.6 Å². The number of nitrogens with zero attached hydrogens (tertiary/aromatic N) is 1. The minimum absolute atomic E-state index is 0.00921. The molecule has 1 aliphatic rings. The second-order valence-electron chi connectivity index (χ2n) is 4.39. The van der Waals surface area contributed by atoms with Crippen LogP contribution in [0.2, 0.25) is 0 Å². The minimum atomic E-state index is -0.193. The zero-order chi connectivity index (χ0) is 12.8. The molecule has 3 N–H and O–H groups in total. The number of amides is 2. The monoisotopic (exact) mass is 240 g/mol. The summed E-state index contributed by atoms with van der Waals surface area (Å²) in [5.74, 6) is 0.360. The summed E-state index contributed by atoms with van der Waals surface area (Å²) < 4.78 is 0. The average Bonchev–Trinajstić information content (AvgIpc) is 2.40. The van der Waals surface area contributed by atoms with Gasteiger partial charge in [-0.1, -0.05) is 6.92 Å². The van der Waals surface area contributed by atoms with Crippen LogP contribution in [0.5, 0.6) is 0 Å². The Morgan fingerprint density at radius 1 is 1.65 bits per heavy atom. The first-order chi connectivity index (χ1) is 8.10. The van der Waals surface area contributed by atoms with Gasteiger partial charge >= 0.3 is 0 Å². The molecule has 6 nitrogen and oxygen atoms in total. The summed E-state index contributed by atoms with van der Waals surface area (Å²) in [6, 6.07) is -0.193. The highest BCUT2D eigenvalue weighted by Crippen LogP contribution is 2.18. The fourth-order valence-electron chi connectivity index (χ4n) is 2.19. The molecule has 1 saturated heterocycles. The largest absolute Gasteiger partial charge is 0.334 e. The van der Waals surface area contributed by atoms with Crippen molar-refractivity contribution in [2.75, 3.05) is 20.1 Å². The van der Waals surface area contributed by atoms with Gasteiger partial charge in [-0.15, -0.1) is 0 Å². The van der Waals surface area contributed by atoms with E-state index in [0.29, 0.717) is 18.9 Å². The Morgan fingerprint density at radius 2 is 2.35 bits per heavy atom. The fourth-order valence-corrected chi connectivity index (χ4v) is 2.19. The number of hydrogen-bond donors (Lipinski definition) is 3. The van der Waals surface area contributed by atoms with Gasteiger partial charge in [0.2, 0.25) is 12.3 Å². The Labute approximate surface area is 101 Å². The number of nitrogens with one attached hydrogen (secondary N) is 3. The zero-order valence-electron chi connectivity index (χ0n) is 10.3. The van der Waals surface area contributed by atoms with Crippen LogP contribution in [0.15, 0.2) is 0 Å². The molecule has 0 aromatic rings. The lowest BCUT2D eigenvalue weighted by Crippen LogP contribution is -2.49. The van der Waals surface area contributed by atoms with Gasteiger partial charge < -0.3 is 15.5 Å². The quantitative estimate of drug-likeness (QED) is 0.354. The number of likely N-dealkylation sites (N-methyl/N-ethyl adjacent to an activating group) is 1. The molecule has 0 aromatic carbocycles. The van der Waals surface area contributed by atoms with Gasteiger partial charge in [0, 0.05) is 6.54 Å². The number of carbonyl (C=O) groups is 2. The van der Waals surface area contributed by atoms with Crippen molar-refractivity contribution in [2.45, 2.75) is 25.8 Å². The first kappa shape index (κ1) is 13.6. The molecule has 0 bridgehead atoms. The van der Waals surface area contributed by atoms with E-state index in [1.54, 1.807) is 11.9 Å². The van der Waals surface area contributed by atoms with E-state index in [-0.39, 0.29) is 24.3 Å². The van der Waals surface area contributed by atoms with E-state index >= 15 is 0 Å². The Hall–Kier alpha value is -1.43. The highest BCUT2D eigenvalue weighted by Gasteiger charge is 2.30. The summed E-state index contributed by atoms with van der Waals surface area (Å²) >= 11 is 0. The number of likely N-dealkylation sites (tertiary alicyclic amines) is 1. The number of rotatable bonds is 4. The lowest BCUT2D eigenvalue weighted by atomic mass is 9.98. The maximum Gasteiger partial charge on any atom is 0.240 e. The fraction of sp³-hybridized carbons (Fsp3) is 0.727. The lowest BCUT2D eigenvalue weighted by molar-refractivity contribution is -0.133. The number of carbonyl (C=O) groups excluding carboxylic acids is 2. The summed E-state index contributed by atoms with van der Waals surface area (Å²) in [6.07, 6.45) is 2.38. The molecule has 1 heterocycles. The number of hydrogen-bond acceptors (Lipinski definition) is 4. The number of amidine groups is 1. The molecule has 0 radical (unpaired) electrons. The second-order valence-corrected chi connectivity index (χ2v) is 4.39. The maximum absolute atomic E-state index is 12.2. The second kappa shape index (κ2) is 6.34. The van der Waals surface area contributed by atoms with Crippen LogP contribution >= 0.6 is 0 Å². The van der Waals surface area contributed by atoms with E-state index in [2.05, 4.69) is 17.6 Å². The highest BCUT2D eigenvalue weighted by molar-refractivity contribution is 5.93. The van der Waals surface area contributed by atoms with Crippen molar-refractivity contribution in [3.8, 4) is 0 Å². The molecule has 2 amide bonds. The molecule has 6 heteroatoms. The Kier molecular flexibility index (Phi) is 5.09. The highest BCUT2D eigenvalue weighted by atomic mass is 16.2. The van der Waals surface area contributed by atoms with Gasteiger partial charge in [0.1, 0.15) is 5.84 Å². The van der Waals surface area contributed by atoms with Crippen LogP contribution in [0.3, 0.4) is 0 Å². The predicted octanol–water partition coefficient (Wildman–Crippen LogP) is -0.444. The van der Waals surface area contributed by atoms with E-state index in [4.69, 9.17) is 5.41 Å². The summed E-state index contributed by atoms with van der Waals surface area (Å²) in [5, 5.41) is 12.8. The van der Waals surface area contributed by atoms with E-state index in [1.807, 2.05) is 0 Å². The van der Waals surface area contributed by atoms with Crippen LogP contribution in [-0.2, 0) is 9.59 Å². The zero-order valence-corrected chi connectivity index (χ0v) is 10.3. The van der Waals surface area contributed by atoms with Crippen molar-refractivity contribution in [2.24, 2.45) is 5.92 Å². The smallest absolute Gasteiger partial charge is 0.240 e. The molecule has 0 aromatic heterocycles. The molecule has 0 saturated carbocycles. The molecular weight excluding hydrogens is 220 g/mol. The van der Waals surface area contributed by atoms with Crippen molar-refractivity contribution >= 4 is 18.2 Å². The first-order valence-electron chi connectivity index (χ1n) is 5.83. The lowest BCUT2D eigenvalue weighted by Gasteiger charge is -2.25. The summed E-state index contributed by atoms with van der Waals surface area (Å²) in [5.41, 5.74) is 0. The third kappa shape index (κ3) is 3.52. The first-order valence-corrected chi connectivity index (χ1v) is 5.83. The molecule has 2 unspecified atom stereocenters. The predicted molar refractivity (Wildman–Crippen MR) is 64.8 cm³/mol. The molecule has 0 aliphatic carbocycles. The van der Waals surface area contributed by atoms with Crippen molar-refractivity contribution in [1.82, 2.24) is 15.5 Å². The molecule has 17 heavy (non-hydrogen) atoms. The van der Waals surface area contributed by atoms with Crippen molar-refractivity contribution in [3.05, 3.63) is 0 Å². The molecule has 2 atom stereocenters. The minimum Gasteiger partial charge on any atom is -0.334 e.